The van der Waals surface area contributed by atoms with Gasteiger partial charge in [-0.05, 0) is 37.5 Å². The van der Waals surface area contributed by atoms with Gasteiger partial charge in [-0.25, -0.2) is 0 Å². The molecule has 0 radical (unpaired) electrons. The van der Waals surface area contributed by atoms with Crippen molar-refractivity contribution in [2.24, 2.45) is 11.8 Å². The summed E-state index contributed by atoms with van der Waals surface area (Å²) in [5.74, 6) is 1.86. The summed E-state index contributed by atoms with van der Waals surface area (Å²) < 4.78 is 0. The van der Waals surface area contributed by atoms with Crippen molar-refractivity contribution in [1.82, 2.24) is 0 Å². The highest BCUT2D eigenvalue weighted by Crippen LogP contribution is 2.28. The largest absolute Gasteiger partial charge is 0.0988 e. The molecule has 0 N–H and O–H groups in total. The Labute approximate surface area is 95.5 Å². The van der Waals surface area contributed by atoms with E-state index < -0.39 is 0 Å². The van der Waals surface area contributed by atoms with Crippen LogP contribution in [0.2, 0.25) is 0 Å². The van der Waals surface area contributed by atoms with Crippen molar-refractivity contribution >= 4 is 0 Å². The van der Waals surface area contributed by atoms with E-state index in [0.717, 1.165) is 11.8 Å². The molecule has 0 heterocycles. The minimum Gasteiger partial charge on any atom is -0.0988 e. The molecule has 15 heavy (non-hydrogen) atoms. The molecule has 0 fully saturated rings. The molecule has 1 aliphatic rings. The Morgan fingerprint density at radius 2 is 2.27 bits per heavy atom. The molecule has 86 valence electrons. The third-order valence-electron chi connectivity index (χ3n) is 3.95. The van der Waals surface area contributed by atoms with E-state index in [2.05, 4.69) is 26.5 Å². The Bertz CT molecular complexity index is 212. The maximum atomic E-state index is 3.89. The van der Waals surface area contributed by atoms with Crippen LogP contribution in [0.25, 0.3) is 0 Å². The number of allylic oxidation sites excluding steroid dienone is 3. The van der Waals surface area contributed by atoms with Crippen molar-refractivity contribution in [3.8, 4) is 0 Å². The van der Waals surface area contributed by atoms with Crippen LogP contribution in [-0.4, -0.2) is 0 Å². The van der Waals surface area contributed by atoms with Crippen molar-refractivity contribution in [1.29, 1.82) is 0 Å². The highest BCUT2D eigenvalue weighted by atomic mass is 14.2. The van der Waals surface area contributed by atoms with Crippen molar-refractivity contribution < 1.29 is 0 Å². The zero-order valence-electron chi connectivity index (χ0n) is 10.5. The van der Waals surface area contributed by atoms with E-state index in [1.165, 1.54) is 50.5 Å². The van der Waals surface area contributed by atoms with Crippen LogP contribution >= 0.6 is 0 Å². The van der Waals surface area contributed by atoms with Gasteiger partial charge in [-0.1, -0.05) is 57.4 Å². The summed E-state index contributed by atoms with van der Waals surface area (Å²) in [6, 6.07) is 0. The zero-order chi connectivity index (χ0) is 11.1. The first-order chi connectivity index (χ1) is 7.27. The van der Waals surface area contributed by atoms with Crippen molar-refractivity contribution in [3.63, 3.8) is 0 Å². The van der Waals surface area contributed by atoms with E-state index in [9.17, 15) is 0 Å². The van der Waals surface area contributed by atoms with Crippen molar-refractivity contribution in [3.05, 3.63) is 24.3 Å². The van der Waals surface area contributed by atoms with Crippen LogP contribution in [0, 0.1) is 11.8 Å². The van der Waals surface area contributed by atoms with Gasteiger partial charge in [0.15, 0.2) is 0 Å². The Morgan fingerprint density at radius 3 is 2.93 bits per heavy atom. The third-order valence-corrected chi connectivity index (χ3v) is 3.95. The molecule has 0 bridgehead atoms. The average Bonchev–Trinajstić information content (AvgIpc) is 2.39. The predicted molar refractivity (Wildman–Crippen MR) is 68.9 cm³/mol. The normalized spacial score (nSPS) is 29.2. The molecule has 0 saturated heterocycles. The van der Waals surface area contributed by atoms with Crippen LogP contribution in [0.3, 0.4) is 0 Å². The molecule has 2 unspecified atom stereocenters. The van der Waals surface area contributed by atoms with E-state index in [1.807, 2.05) is 6.08 Å². The van der Waals surface area contributed by atoms with E-state index in [0.29, 0.717) is 0 Å². The smallest absolute Gasteiger partial charge is 0.0282 e. The van der Waals surface area contributed by atoms with Gasteiger partial charge < -0.3 is 0 Å². The third kappa shape index (κ3) is 4.24. The molecular weight excluding hydrogens is 180 g/mol. The van der Waals surface area contributed by atoms with E-state index in [4.69, 9.17) is 0 Å². The van der Waals surface area contributed by atoms with Gasteiger partial charge in [0, 0.05) is 0 Å². The van der Waals surface area contributed by atoms with Crippen LogP contribution in [0.5, 0.6) is 0 Å². The summed E-state index contributed by atoms with van der Waals surface area (Å²) in [7, 11) is 0. The summed E-state index contributed by atoms with van der Waals surface area (Å²) in [5, 5.41) is 0. The molecule has 1 aliphatic carbocycles. The lowest BCUT2D eigenvalue weighted by molar-refractivity contribution is 0.302. The lowest BCUT2D eigenvalue weighted by Crippen LogP contribution is -2.10. The van der Waals surface area contributed by atoms with Gasteiger partial charge in [0.25, 0.3) is 0 Å². The molecule has 0 saturated carbocycles. The predicted octanol–water partition coefficient (Wildman–Crippen LogP) is 5.12. The first-order valence-corrected chi connectivity index (χ1v) is 6.59. The van der Waals surface area contributed by atoms with Crippen molar-refractivity contribution in [2.45, 2.75) is 58.8 Å². The lowest BCUT2D eigenvalue weighted by atomic mass is 9.84. The first-order valence-electron chi connectivity index (χ1n) is 6.59. The molecule has 0 aromatic rings. The summed E-state index contributed by atoms with van der Waals surface area (Å²) >= 11 is 0. The second-order valence-corrected chi connectivity index (χ2v) is 4.95. The Kier molecular flexibility index (Phi) is 5.75. The second-order valence-electron chi connectivity index (χ2n) is 4.95. The fraction of sp³-hybridized carbons (Fsp3) is 0.733. The van der Waals surface area contributed by atoms with E-state index >= 15 is 0 Å². The highest BCUT2D eigenvalue weighted by molar-refractivity contribution is 5.16. The van der Waals surface area contributed by atoms with Crippen molar-refractivity contribution in [2.75, 3.05) is 0 Å². The zero-order valence-corrected chi connectivity index (χ0v) is 10.5. The molecule has 0 nitrogen and oxygen atoms in total. The molecule has 0 heteroatoms. The van der Waals surface area contributed by atoms with Gasteiger partial charge in [0.1, 0.15) is 0 Å². The Morgan fingerprint density at radius 1 is 1.47 bits per heavy atom. The Hall–Kier alpha value is -0.520. The van der Waals surface area contributed by atoms with Gasteiger partial charge in [0.05, 0.1) is 0 Å². The average molecular weight is 206 g/mol. The fourth-order valence-corrected chi connectivity index (χ4v) is 2.55. The minimum atomic E-state index is 0.906. The first kappa shape index (κ1) is 12.5. The quantitative estimate of drug-likeness (QED) is 0.601. The van der Waals surface area contributed by atoms with Crippen LogP contribution < -0.4 is 0 Å². The van der Waals surface area contributed by atoms with Gasteiger partial charge in [-0.3, -0.25) is 0 Å². The molecule has 2 atom stereocenters. The monoisotopic (exact) mass is 206 g/mol. The number of hydrogen-bond donors (Lipinski definition) is 0. The molecule has 0 aliphatic heterocycles. The van der Waals surface area contributed by atoms with Crippen LogP contribution in [-0.2, 0) is 0 Å². The lowest BCUT2D eigenvalue weighted by Gasteiger charge is -2.21. The number of rotatable bonds is 3. The minimum absolute atomic E-state index is 0.906. The van der Waals surface area contributed by atoms with Gasteiger partial charge in [-0.2, -0.15) is 0 Å². The second kappa shape index (κ2) is 6.87. The number of hydrogen-bond acceptors (Lipinski definition) is 0. The Balaban J connectivity index is 2.51. The topological polar surface area (TPSA) is 0 Å². The molecule has 0 aromatic heterocycles. The molecular formula is C15H26. The summed E-state index contributed by atoms with van der Waals surface area (Å²) in [6.07, 6.45) is 13.9. The highest BCUT2D eigenvalue weighted by Gasteiger charge is 2.15. The van der Waals surface area contributed by atoms with E-state index in [-0.39, 0.29) is 0 Å². The fourth-order valence-electron chi connectivity index (χ4n) is 2.55. The van der Waals surface area contributed by atoms with E-state index in [1.54, 1.807) is 0 Å². The molecule has 0 aromatic carbocycles. The maximum Gasteiger partial charge on any atom is -0.0282 e. The molecule has 0 spiro atoms. The van der Waals surface area contributed by atoms with Crippen LogP contribution in [0.4, 0.5) is 0 Å². The van der Waals surface area contributed by atoms with Crippen LogP contribution in [0.1, 0.15) is 58.8 Å². The molecule has 1 rings (SSSR count). The van der Waals surface area contributed by atoms with Gasteiger partial charge in [0.2, 0.25) is 0 Å². The standard InChI is InChI=1S/C15H26/c1-4-13(3)15-11-7-6-9-14(5-2)10-8-12-15/h5,10,13,15H,2,4,6-9,11-12H2,1,3H3/b14-10+. The SMILES string of the molecule is C=C/C1=C\CCC(C(C)CC)CCCC1. The molecule has 0 amide bonds. The summed E-state index contributed by atoms with van der Waals surface area (Å²) in [5.41, 5.74) is 1.47. The van der Waals surface area contributed by atoms with Gasteiger partial charge in [-0.15, -0.1) is 0 Å². The van der Waals surface area contributed by atoms with Gasteiger partial charge >= 0.3 is 0 Å². The maximum absolute atomic E-state index is 3.89. The summed E-state index contributed by atoms with van der Waals surface area (Å²) in [4.78, 5) is 0. The van der Waals surface area contributed by atoms with Crippen LogP contribution in [0.15, 0.2) is 24.3 Å². The summed E-state index contributed by atoms with van der Waals surface area (Å²) in [6.45, 7) is 8.63.